The number of thioether (sulfide) groups is 1. The molecule has 1 nitrogen and oxygen atoms in total. The molecule has 0 aliphatic rings. The van der Waals surface area contributed by atoms with Crippen molar-refractivity contribution in [2.45, 2.75) is 17.6 Å². The minimum Gasteiger partial charge on any atom is -0.398 e. The van der Waals surface area contributed by atoms with Crippen molar-refractivity contribution in [3.63, 3.8) is 0 Å². The average Bonchev–Trinajstić information content (AvgIpc) is 2.33. The van der Waals surface area contributed by atoms with Crippen LogP contribution < -0.4 is 5.73 Å². The molecular formula is C14H13ClFNS. The number of nitrogen functional groups attached to an aromatic ring is 1. The van der Waals surface area contributed by atoms with Crippen molar-refractivity contribution < 1.29 is 4.39 Å². The summed E-state index contributed by atoms with van der Waals surface area (Å²) in [4.78, 5) is 0.953. The lowest BCUT2D eigenvalue weighted by Crippen LogP contribution is -1.94. The highest BCUT2D eigenvalue weighted by atomic mass is 35.5. The second-order valence-electron chi connectivity index (χ2n) is 3.98. The van der Waals surface area contributed by atoms with Gasteiger partial charge in [-0.2, -0.15) is 0 Å². The third-order valence-electron chi connectivity index (χ3n) is 2.72. The Morgan fingerprint density at radius 2 is 1.94 bits per heavy atom. The van der Waals surface area contributed by atoms with Crippen LogP contribution >= 0.6 is 23.4 Å². The summed E-state index contributed by atoms with van der Waals surface area (Å²) in [6.07, 6.45) is 0. The van der Waals surface area contributed by atoms with E-state index >= 15 is 0 Å². The summed E-state index contributed by atoms with van der Waals surface area (Å²) in [7, 11) is 0. The number of nitrogens with two attached hydrogens (primary N) is 1. The van der Waals surface area contributed by atoms with Crippen LogP contribution in [0.4, 0.5) is 10.1 Å². The standard InChI is InChI=1S/C14H13ClFNS/c1-9-4-2-7-13(14(9)17)18-8-10-11(15)5-3-6-12(10)16/h2-7H,8,17H2,1H3. The molecule has 94 valence electrons. The number of hydrogen-bond acceptors (Lipinski definition) is 2. The molecule has 0 fully saturated rings. The van der Waals surface area contributed by atoms with E-state index in [9.17, 15) is 4.39 Å². The van der Waals surface area contributed by atoms with Gasteiger partial charge in [-0.05, 0) is 30.7 Å². The van der Waals surface area contributed by atoms with Crippen molar-refractivity contribution in [3.05, 3.63) is 58.4 Å². The Kier molecular flexibility index (Phi) is 4.15. The SMILES string of the molecule is Cc1cccc(SCc2c(F)cccc2Cl)c1N. The fourth-order valence-corrected chi connectivity index (χ4v) is 2.99. The molecule has 0 aliphatic heterocycles. The van der Waals surface area contributed by atoms with Crippen LogP contribution in [-0.2, 0) is 5.75 Å². The molecule has 2 aromatic carbocycles. The zero-order chi connectivity index (χ0) is 13.1. The predicted molar refractivity (Wildman–Crippen MR) is 76.6 cm³/mol. The zero-order valence-electron chi connectivity index (χ0n) is 9.91. The zero-order valence-corrected chi connectivity index (χ0v) is 11.5. The largest absolute Gasteiger partial charge is 0.398 e. The molecule has 0 radical (unpaired) electrons. The molecule has 0 atom stereocenters. The third kappa shape index (κ3) is 2.79. The third-order valence-corrected chi connectivity index (χ3v) is 4.17. The van der Waals surface area contributed by atoms with E-state index in [1.54, 1.807) is 12.1 Å². The van der Waals surface area contributed by atoms with Gasteiger partial charge in [0.1, 0.15) is 5.82 Å². The Morgan fingerprint density at radius 1 is 1.22 bits per heavy atom. The van der Waals surface area contributed by atoms with Crippen LogP contribution in [-0.4, -0.2) is 0 Å². The normalized spacial score (nSPS) is 10.6. The Balaban J connectivity index is 2.19. The maximum absolute atomic E-state index is 13.6. The van der Waals surface area contributed by atoms with Gasteiger partial charge in [0.05, 0.1) is 0 Å². The van der Waals surface area contributed by atoms with Gasteiger partial charge in [0, 0.05) is 26.9 Å². The molecular weight excluding hydrogens is 269 g/mol. The summed E-state index contributed by atoms with van der Waals surface area (Å²) < 4.78 is 13.6. The number of hydrogen-bond donors (Lipinski definition) is 1. The number of aryl methyl sites for hydroxylation is 1. The monoisotopic (exact) mass is 281 g/mol. The number of benzene rings is 2. The Labute approximate surface area is 115 Å². The van der Waals surface area contributed by atoms with Gasteiger partial charge in [-0.15, -0.1) is 11.8 Å². The van der Waals surface area contributed by atoms with Gasteiger partial charge in [-0.3, -0.25) is 0 Å². The van der Waals surface area contributed by atoms with Crippen molar-refractivity contribution in [2.75, 3.05) is 5.73 Å². The van der Waals surface area contributed by atoms with E-state index in [1.807, 2.05) is 25.1 Å². The fourth-order valence-electron chi connectivity index (χ4n) is 1.60. The first-order valence-corrected chi connectivity index (χ1v) is 6.86. The van der Waals surface area contributed by atoms with Gasteiger partial charge >= 0.3 is 0 Å². The Bertz CT molecular complexity index is 551. The summed E-state index contributed by atoms with van der Waals surface area (Å²) >= 11 is 7.48. The minimum atomic E-state index is -0.277. The predicted octanol–water partition coefficient (Wildman–Crippen LogP) is 4.66. The Hall–Kier alpha value is -1.19. The van der Waals surface area contributed by atoms with Gasteiger partial charge < -0.3 is 5.73 Å². The number of rotatable bonds is 3. The smallest absolute Gasteiger partial charge is 0.128 e. The molecule has 0 saturated carbocycles. The molecule has 0 saturated heterocycles. The van der Waals surface area contributed by atoms with E-state index in [4.69, 9.17) is 17.3 Å². The fraction of sp³-hybridized carbons (Fsp3) is 0.143. The van der Waals surface area contributed by atoms with E-state index in [0.717, 1.165) is 16.1 Å². The minimum absolute atomic E-state index is 0.277. The molecule has 2 aromatic rings. The summed E-state index contributed by atoms with van der Waals surface area (Å²) in [6.45, 7) is 1.95. The van der Waals surface area contributed by atoms with Crippen molar-refractivity contribution >= 4 is 29.1 Å². The summed E-state index contributed by atoms with van der Waals surface area (Å²) in [5.74, 6) is 0.195. The molecule has 0 amide bonds. The van der Waals surface area contributed by atoms with Gasteiger partial charge in [0.2, 0.25) is 0 Å². The molecule has 18 heavy (non-hydrogen) atoms. The van der Waals surface area contributed by atoms with E-state index < -0.39 is 0 Å². The lowest BCUT2D eigenvalue weighted by molar-refractivity contribution is 0.617. The van der Waals surface area contributed by atoms with E-state index in [2.05, 4.69) is 0 Å². The lowest BCUT2D eigenvalue weighted by atomic mass is 10.2. The molecule has 0 aromatic heterocycles. The second-order valence-corrected chi connectivity index (χ2v) is 5.40. The van der Waals surface area contributed by atoms with Crippen LogP contribution in [0.5, 0.6) is 0 Å². The first kappa shape index (κ1) is 13.2. The van der Waals surface area contributed by atoms with Crippen LogP contribution in [0.3, 0.4) is 0 Å². The first-order chi connectivity index (χ1) is 8.59. The topological polar surface area (TPSA) is 26.0 Å². The molecule has 2 rings (SSSR count). The highest BCUT2D eigenvalue weighted by Gasteiger charge is 2.09. The first-order valence-electron chi connectivity index (χ1n) is 5.50. The second kappa shape index (κ2) is 5.63. The van der Waals surface area contributed by atoms with Crippen molar-refractivity contribution in [1.29, 1.82) is 0 Å². The van der Waals surface area contributed by atoms with Gasteiger partial charge in [-0.25, -0.2) is 4.39 Å². The summed E-state index contributed by atoms with van der Waals surface area (Å²) in [5, 5.41) is 0.453. The van der Waals surface area contributed by atoms with Crippen LogP contribution in [0.2, 0.25) is 5.02 Å². The van der Waals surface area contributed by atoms with Gasteiger partial charge in [0.15, 0.2) is 0 Å². The Morgan fingerprint density at radius 3 is 2.67 bits per heavy atom. The van der Waals surface area contributed by atoms with Crippen molar-refractivity contribution in [3.8, 4) is 0 Å². The number of halogens is 2. The van der Waals surface area contributed by atoms with Gasteiger partial charge in [0.25, 0.3) is 0 Å². The lowest BCUT2D eigenvalue weighted by Gasteiger charge is -2.09. The molecule has 2 N–H and O–H groups in total. The highest BCUT2D eigenvalue weighted by molar-refractivity contribution is 7.98. The molecule has 0 spiro atoms. The van der Waals surface area contributed by atoms with E-state index in [-0.39, 0.29) is 5.82 Å². The van der Waals surface area contributed by atoms with E-state index in [1.165, 1.54) is 17.8 Å². The van der Waals surface area contributed by atoms with Crippen molar-refractivity contribution in [1.82, 2.24) is 0 Å². The average molecular weight is 282 g/mol. The molecule has 0 unspecified atom stereocenters. The van der Waals surface area contributed by atoms with Crippen LogP contribution in [0.25, 0.3) is 0 Å². The summed E-state index contributed by atoms with van der Waals surface area (Å²) in [5.41, 5.74) is 8.27. The van der Waals surface area contributed by atoms with Crippen LogP contribution in [0.15, 0.2) is 41.3 Å². The maximum atomic E-state index is 13.6. The number of anilines is 1. The van der Waals surface area contributed by atoms with Crippen LogP contribution in [0.1, 0.15) is 11.1 Å². The quantitative estimate of drug-likeness (QED) is 0.654. The maximum Gasteiger partial charge on any atom is 0.128 e. The molecule has 0 aliphatic carbocycles. The van der Waals surface area contributed by atoms with Gasteiger partial charge in [-0.1, -0.05) is 29.8 Å². The molecule has 0 bridgehead atoms. The molecule has 0 heterocycles. The highest BCUT2D eigenvalue weighted by Crippen LogP contribution is 2.32. The van der Waals surface area contributed by atoms with Crippen molar-refractivity contribution in [2.24, 2.45) is 0 Å². The summed E-state index contributed by atoms with van der Waals surface area (Å²) in [6, 6.07) is 10.5. The van der Waals surface area contributed by atoms with Crippen LogP contribution in [0, 0.1) is 12.7 Å². The molecule has 4 heteroatoms. The number of para-hydroxylation sites is 1. The van der Waals surface area contributed by atoms with E-state index in [0.29, 0.717) is 16.3 Å².